The molecule has 0 aliphatic carbocycles. The molecule has 0 saturated carbocycles. The van der Waals surface area contributed by atoms with Crippen LogP contribution in [-0.4, -0.2) is 32.8 Å². The van der Waals surface area contributed by atoms with Gasteiger partial charge in [0.05, 0.1) is 12.2 Å². The molecule has 0 fully saturated rings. The van der Waals surface area contributed by atoms with Gasteiger partial charge < -0.3 is 10.1 Å². The molecule has 1 aliphatic heterocycles. The fourth-order valence-corrected chi connectivity index (χ4v) is 3.48. The van der Waals surface area contributed by atoms with Crippen molar-refractivity contribution in [2.75, 3.05) is 11.9 Å². The summed E-state index contributed by atoms with van der Waals surface area (Å²) in [6, 6.07) is 6.87. The van der Waals surface area contributed by atoms with Gasteiger partial charge in [0, 0.05) is 10.7 Å². The van der Waals surface area contributed by atoms with Crippen LogP contribution in [0.3, 0.4) is 0 Å². The van der Waals surface area contributed by atoms with E-state index in [1.165, 1.54) is 25.7 Å². The smallest absolute Gasteiger partial charge is 0.338 e. The molecule has 2 aromatic rings. The lowest BCUT2D eigenvalue weighted by Crippen LogP contribution is -2.29. The van der Waals surface area contributed by atoms with Crippen LogP contribution in [0.4, 0.5) is 5.95 Å². The molecule has 1 N–H and O–H groups in total. The number of aromatic nitrogens is 4. The van der Waals surface area contributed by atoms with E-state index in [0.717, 1.165) is 18.4 Å². The molecule has 1 aromatic carbocycles. The number of tetrazole rings is 1. The number of esters is 1. The number of fused-ring (bicyclic) bond motifs is 1. The summed E-state index contributed by atoms with van der Waals surface area (Å²) in [7, 11) is 0. The van der Waals surface area contributed by atoms with Crippen LogP contribution in [0.5, 0.6) is 0 Å². The Kier molecular flexibility index (Phi) is 7.03. The normalized spacial score (nSPS) is 15.9. The predicted molar refractivity (Wildman–Crippen MR) is 108 cm³/mol. The molecule has 1 aromatic heterocycles. The van der Waals surface area contributed by atoms with Gasteiger partial charge >= 0.3 is 5.97 Å². The molecule has 1 atom stereocenters. The molecule has 0 unspecified atom stereocenters. The molecule has 28 heavy (non-hydrogen) atoms. The van der Waals surface area contributed by atoms with Crippen LogP contribution < -0.4 is 5.32 Å². The highest BCUT2D eigenvalue weighted by Gasteiger charge is 2.34. The van der Waals surface area contributed by atoms with Crippen LogP contribution in [-0.2, 0) is 9.53 Å². The summed E-state index contributed by atoms with van der Waals surface area (Å²) in [5, 5.41) is 15.5. The number of allylic oxidation sites excluding steroid dienone is 1. The zero-order valence-electron chi connectivity index (χ0n) is 16.3. The molecule has 0 spiro atoms. The Morgan fingerprint density at radius 2 is 1.89 bits per heavy atom. The highest BCUT2D eigenvalue weighted by molar-refractivity contribution is 6.30. The van der Waals surface area contributed by atoms with E-state index in [9.17, 15) is 4.79 Å². The summed E-state index contributed by atoms with van der Waals surface area (Å²) in [4.78, 5) is 12.9. The molecule has 0 bridgehead atoms. The van der Waals surface area contributed by atoms with Crippen molar-refractivity contribution < 1.29 is 9.53 Å². The number of hydrogen-bond donors (Lipinski definition) is 1. The molecule has 0 radical (unpaired) electrons. The number of carbonyl (C=O) groups excluding carboxylic acids is 1. The quantitative estimate of drug-likeness (QED) is 0.489. The average molecular weight is 404 g/mol. The van der Waals surface area contributed by atoms with Crippen LogP contribution in [0.1, 0.15) is 64.0 Å². The first kappa shape index (κ1) is 20.3. The largest absolute Gasteiger partial charge is 0.462 e. The third-order valence-corrected chi connectivity index (χ3v) is 5.10. The molecule has 150 valence electrons. The summed E-state index contributed by atoms with van der Waals surface area (Å²) in [5.41, 5.74) is 2.06. The molecule has 7 nitrogen and oxygen atoms in total. The first-order valence-corrected chi connectivity index (χ1v) is 10.2. The summed E-state index contributed by atoms with van der Waals surface area (Å²) >= 11 is 6.02. The van der Waals surface area contributed by atoms with E-state index in [0.29, 0.717) is 28.8 Å². The Labute approximate surface area is 170 Å². The molecule has 1 aliphatic rings. The van der Waals surface area contributed by atoms with Crippen molar-refractivity contribution in [3.8, 4) is 0 Å². The predicted octanol–water partition coefficient (Wildman–Crippen LogP) is 4.52. The van der Waals surface area contributed by atoms with Gasteiger partial charge in [0.2, 0.25) is 5.95 Å². The van der Waals surface area contributed by atoms with Gasteiger partial charge in [-0.1, -0.05) is 67.9 Å². The van der Waals surface area contributed by atoms with Crippen LogP contribution >= 0.6 is 11.6 Å². The van der Waals surface area contributed by atoms with E-state index >= 15 is 0 Å². The SMILES string of the molecule is CCCCCCCCOC(=O)C1=C(C)Nc2nnnn2[C@@H]1c1ccc(Cl)cc1. The van der Waals surface area contributed by atoms with Crippen LogP contribution in [0.2, 0.25) is 5.02 Å². The number of benzene rings is 1. The molecular weight excluding hydrogens is 378 g/mol. The lowest BCUT2D eigenvalue weighted by atomic mass is 9.96. The Bertz CT molecular complexity index is 831. The molecule has 8 heteroatoms. The number of anilines is 1. The first-order valence-electron chi connectivity index (χ1n) is 9.80. The second kappa shape index (κ2) is 9.68. The van der Waals surface area contributed by atoms with Crippen molar-refractivity contribution in [1.29, 1.82) is 0 Å². The lowest BCUT2D eigenvalue weighted by Gasteiger charge is -2.27. The number of ether oxygens (including phenoxy) is 1. The van der Waals surface area contributed by atoms with Gasteiger partial charge in [-0.25, -0.2) is 4.79 Å². The third-order valence-electron chi connectivity index (χ3n) is 4.85. The Hall–Kier alpha value is -2.41. The van der Waals surface area contributed by atoms with Gasteiger partial charge in [-0.2, -0.15) is 4.68 Å². The maximum absolute atomic E-state index is 12.9. The standard InChI is InChI=1S/C20H26ClN5O2/c1-3-4-5-6-7-8-13-28-19(27)17-14(2)22-20-23-24-25-26(20)18(17)15-9-11-16(21)12-10-15/h9-12,18H,3-8,13H2,1-2H3,(H,22,23,25)/t18-/m1/s1. The van der Waals surface area contributed by atoms with E-state index < -0.39 is 6.04 Å². The van der Waals surface area contributed by atoms with Gasteiger partial charge in [-0.15, -0.1) is 0 Å². The molecule has 0 amide bonds. The Morgan fingerprint density at radius 3 is 2.64 bits per heavy atom. The minimum absolute atomic E-state index is 0.348. The van der Waals surface area contributed by atoms with Crippen molar-refractivity contribution in [3.63, 3.8) is 0 Å². The van der Waals surface area contributed by atoms with E-state index in [-0.39, 0.29) is 5.97 Å². The van der Waals surface area contributed by atoms with Crippen LogP contribution in [0.15, 0.2) is 35.5 Å². The van der Waals surface area contributed by atoms with E-state index in [1.54, 1.807) is 16.8 Å². The highest BCUT2D eigenvalue weighted by atomic mass is 35.5. The fourth-order valence-electron chi connectivity index (χ4n) is 3.35. The van der Waals surface area contributed by atoms with E-state index in [2.05, 4.69) is 27.8 Å². The van der Waals surface area contributed by atoms with Crippen molar-refractivity contribution in [2.24, 2.45) is 0 Å². The molecular formula is C20H26ClN5O2. The number of hydrogen-bond acceptors (Lipinski definition) is 6. The third kappa shape index (κ3) is 4.70. The van der Waals surface area contributed by atoms with Crippen molar-refractivity contribution in [1.82, 2.24) is 20.2 Å². The topological polar surface area (TPSA) is 81.9 Å². The fraction of sp³-hybridized carbons (Fsp3) is 0.500. The summed E-state index contributed by atoms with van der Waals surface area (Å²) in [6.07, 6.45) is 6.84. The second-order valence-electron chi connectivity index (χ2n) is 6.97. The highest BCUT2D eigenvalue weighted by Crippen LogP contribution is 2.35. The maximum Gasteiger partial charge on any atom is 0.338 e. The van der Waals surface area contributed by atoms with Crippen molar-refractivity contribution in [2.45, 2.75) is 58.4 Å². The minimum Gasteiger partial charge on any atom is -0.462 e. The zero-order chi connectivity index (χ0) is 19.9. The zero-order valence-corrected chi connectivity index (χ0v) is 17.1. The van der Waals surface area contributed by atoms with Gasteiger partial charge in [0.15, 0.2) is 0 Å². The van der Waals surface area contributed by atoms with E-state index in [1.807, 2.05) is 19.1 Å². The van der Waals surface area contributed by atoms with Crippen molar-refractivity contribution >= 4 is 23.5 Å². The van der Waals surface area contributed by atoms with Crippen molar-refractivity contribution in [3.05, 3.63) is 46.1 Å². The van der Waals surface area contributed by atoms with Gasteiger partial charge in [-0.3, -0.25) is 0 Å². The Morgan fingerprint density at radius 1 is 1.18 bits per heavy atom. The number of nitrogens with one attached hydrogen (secondary N) is 1. The number of carbonyl (C=O) groups is 1. The lowest BCUT2D eigenvalue weighted by molar-refractivity contribution is -0.139. The Balaban J connectivity index is 1.72. The summed E-state index contributed by atoms with van der Waals surface area (Å²) in [5.74, 6) is 0.143. The minimum atomic E-state index is -0.458. The van der Waals surface area contributed by atoms with Crippen LogP contribution in [0, 0.1) is 0 Å². The van der Waals surface area contributed by atoms with Gasteiger partial charge in [0.1, 0.15) is 6.04 Å². The van der Waals surface area contributed by atoms with Crippen LogP contribution in [0.25, 0.3) is 0 Å². The van der Waals surface area contributed by atoms with Gasteiger partial charge in [-0.05, 0) is 41.5 Å². The summed E-state index contributed by atoms with van der Waals surface area (Å²) in [6.45, 7) is 4.45. The second-order valence-corrected chi connectivity index (χ2v) is 7.40. The molecule has 0 saturated heterocycles. The average Bonchev–Trinajstić information content (AvgIpc) is 3.14. The van der Waals surface area contributed by atoms with Gasteiger partial charge in [0.25, 0.3) is 0 Å². The van der Waals surface area contributed by atoms with E-state index in [4.69, 9.17) is 16.3 Å². The number of rotatable bonds is 9. The monoisotopic (exact) mass is 403 g/mol. The molecule has 3 rings (SSSR count). The molecule has 2 heterocycles. The summed E-state index contributed by atoms with van der Waals surface area (Å²) < 4.78 is 7.18. The first-order chi connectivity index (χ1) is 13.6. The number of nitrogens with zero attached hydrogens (tertiary/aromatic N) is 4. The maximum atomic E-state index is 12.9. The number of unbranched alkanes of at least 4 members (excludes halogenated alkanes) is 5. The number of halogens is 1.